The van der Waals surface area contributed by atoms with Gasteiger partial charge in [-0.1, -0.05) is 23.8 Å². The van der Waals surface area contributed by atoms with Crippen LogP contribution in [0.25, 0.3) is 21.0 Å². The molecule has 1 aliphatic rings. The molecule has 124 valence electrons. The van der Waals surface area contributed by atoms with Crippen LogP contribution in [0.1, 0.15) is 25.7 Å². The van der Waals surface area contributed by atoms with Crippen LogP contribution in [0.3, 0.4) is 0 Å². The predicted octanol–water partition coefficient (Wildman–Crippen LogP) is 4.04. The predicted molar refractivity (Wildman–Crippen MR) is 95.6 cm³/mol. The van der Waals surface area contributed by atoms with Gasteiger partial charge in [0.15, 0.2) is 5.13 Å². The van der Waals surface area contributed by atoms with Gasteiger partial charge < -0.3 is 11.1 Å². The molecule has 1 amide bonds. The molecule has 1 aliphatic carbocycles. The van der Waals surface area contributed by atoms with E-state index in [2.05, 4.69) is 10.3 Å². The Morgan fingerprint density at radius 2 is 2.17 bits per heavy atom. The fourth-order valence-corrected chi connectivity index (χ4v) is 4.41. The molecular formula is C18H18FN3OS. The first kappa shape index (κ1) is 15.5. The van der Waals surface area contributed by atoms with E-state index >= 15 is 0 Å². The Bertz CT molecular complexity index is 923. The fourth-order valence-electron chi connectivity index (χ4n) is 3.41. The Labute approximate surface area is 142 Å². The highest BCUT2D eigenvalue weighted by Crippen LogP contribution is 2.33. The van der Waals surface area contributed by atoms with Gasteiger partial charge in [-0.3, -0.25) is 4.79 Å². The minimum atomic E-state index is -0.256. The first-order valence-corrected chi connectivity index (χ1v) is 8.97. The lowest BCUT2D eigenvalue weighted by atomic mass is 9.86. The second-order valence-corrected chi connectivity index (χ2v) is 7.41. The van der Waals surface area contributed by atoms with Crippen LogP contribution in [0.4, 0.5) is 9.52 Å². The zero-order chi connectivity index (χ0) is 16.7. The maximum Gasteiger partial charge on any atom is 0.229 e. The molecule has 1 saturated carbocycles. The number of nitrogens with two attached hydrogens (primary N) is 1. The minimum absolute atomic E-state index is 0.000411. The highest BCUT2D eigenvalue weighted by molar-refractivity contribution is 7.23. The number of amides is 1. The van der Waals surface area contributed by atoms with Gasteiger partial charge in [-0.05, 0) is 48.9 Å². The summed E-state index contributed by atoms with van der Waals surface area (Å²) in [7, 11) is 0. The molecule has 0 radical (unpaired) electrons. The molecule has 2 atom stereocenters. The van der Waals surface area contributed by atoms with E-state index in [9.17, 15) is 9.18 Å². The van der Waals surface area contributed by atoms with E-state index in [1.165, 1.54) is 23.5 Å². The standard InChI is InChI=1S/C18H18FN3OS/c19-12-5-6-14-10(8-12)4-7-15-16(14)24-18(21-15)22-17(23)11-2-1-3-13(20)9-11/h4-8,11,13H,1-3,9,20H2,(H,21,22,23)/t11-,13-/m0/s1. The van der Waals surface area contributed by atoms with Gasteiger partial charge in [0.05, 0.1) is 10.2 Å². The number of thiazole rings is 1. The molecule has 0 spiro atoms. The summed E-state index contributed by atoms with van der Waals surface area (Å²) < 4.78 is 14.3. The van der Waals surface area contributed by atoms with E-state index < -0.39 is 0 Å². The zero-order valence-electron chi connectivity index (χ0n) is 13.1. The molecule has 3 aromatic rings. The maximum atomic E-state index is 13.4. The normalized spacial score (nSPS) is 21.2. The third-order valence-corrected chi connectivity index (χ3v) is 5.67. The summed E-state index contributed by atoms with van der Waals surface area (Å²) in [6.45, 7) is 0. The summed E-state index contributed by atoms with van der Waals surface area (Å²) in [4.78, 5) is 16.9. The van der Waals surface area contributed by atoms with Gasteiger partial charge in [0.25, 0.3) is 0 Å². The fraction of sp³-hybridized carbons (Fsp3) is 0.333. The number of carbonyl (C=O) groups excluding carboxylic acids is 1. The van der Waals surface area contributed by atoms with Gasteiger partial charge in [-0.25, -0.2) is 9.37 Å². The van der Waals surface area contributed by atoms with Gasteiger partial charge in [-0.2, -0.15) is 0 Å². The van der Waals surface area contributed by atoms with Crippen molar-refractivity contribution in [3.63, 3.8) is 0 Å². The molecule has 0 bridgehead atoms. The Morgan fingerprint density at radius 3 is 3.00 bits per heavy atom. The number of carbonyl (C=O) groups is 1. The first-order valence-electron chi connectivity index (χ1n) is 8.15. The van der Waals surface area contributed by atoms with E-state index in [0.29, 0.717) is 5.13 Å². The Kier molecular flexibility index (Phi) is 3.94. The van der Waals surface area contributed by atoms with Crippen molar-refractivity contribution >= 4 is 43.4 Å². The average Bonchev–Trinajstić information content (AvgIpc) is 2.97. The Balaban J connectivity index is 1.63. The number of nitrogens with one attached hydrogen (secondary N) is 1. The van der Waals surface area contributed by atoms with Crippen LogP contribution in [0, 0.1) is 11.7 Å². The van der Waals surface area contributed by atoms with Gasteiger partial charge in [0.1, 0.15) is 5.82 Å². The number of anilines is 1. The molecule has 1 fully saturated rings. The number of benzene rings is 2. The van der Waals surface area contributed by atoms with Gasteiger partial charge in [-0.15, -0.1) is 0 Å². The SMILES string of the molecule is N[C@H]1CCC[C@H](C(=O)Nc2nc3ccc4cc(F)ccc4c3s2)C1. The van der Waals surface area contributed by atoms with Crippen LogP contribution in [-0.2, 0) is 4.79 Å². The van der Waals surface area contributed by atoms with E-state index in [0.717, 1.165) is 46.7 Å². The monoisotopic (exact) mass is 343 g/mol. The number of halogens is 1. The quantitative estimate of drug-likeness (QED) is 0.738. The number of aromatic nitrogens is 1. The molecule has 4 nitrogen and oxygen atoms in total. The lowest BCUT2D eigenvalue weighted by Gasteiger charge is -2.25. The molecule has 24 heavy (non-hydrogen) atoms. The van der Waals surface area contributed by atoms with Crippen molar-refractivity contribution in [3.05, 3.63) is 36.1 Å². The number of rotatable bonds is 2. The number of nitrogens with zero attached hydrogens (tertiary/aromatic N) is 1. The number of hydrogen-bond acceptors (Lipinski definition) is 4. The summed E-state index contributed by atoms with van der Waals surface area (Å²) in [5, 5.41) is 5.31. The van der Waals surface area contributed by atoms with Gasteiger partial charge >= 0.3 is 0 Å². The zero-order valence-corrected chi connectivity index (χ0v) is 13.9. The van der Waals surface area contributed by atoms with Crippen molar-refractivity contribution in [2.45, 2.75) is 31.7 Å². The minimum Gasteiger partial charge on any atom is -0.328 e. The van der Waals surface area contributed by atoms with Crippen LogP contribution in [0.2, 0.25) is 0 Å². The van der Waals surface area contributed by atoms with Crippen LogP contribution in [0.15, 0.2) is 30.3 Å². The van der Waals surface area contributed by atoms with Crippen molar-refractivity contribution in [1.82, 2.24) is 4.98 Å². The van der Waals surface area contributed by atoms with Crippen LogP contribution in [0.5, 0.6) is 0 Å². The second-order valence-electron chi connectivity index (χ2n) is 6.41. The lowest BCUT2D eigenvalue weighted by molar-refractivity contribution is -0.120. The largest absolute Gasteiger partial charge is 0.328 e. The van der Waals surface area contributed by atoms with Crippen LogP contribution >= 0.6 is 11.3 Å². The summed E-state index contributed by atoms with van der Waals surface area (Å²) in [5.74, 6) is -0.292. The van der Waals surface area contributed by atoms with Crippen molar-refractivity contribution in [2.24, 2.45) is 11.7 Å². The molecular weight excluding hydrogens is 325 g/mol. The molecule has 1 heterocycles. The van der Waals surface area contributed by atoms with Crippen molar-refractivity contribution in [3.8, 4) is 0 Å². The first-order chi connectivity index (χ1) is 11.6. The van der Waals surface area contributed by atoms with Crippen molar-refractivity contribution < 1.29 is 9.18 Å². The summed E-state index contributed by atoms with van der Waals surface area (Å²) in [6, 6.07) is 8.55. The molecule has 1 aromatic heterocycles. The molecule has 3 N–H and O–H groups in total. The van der Waals surface area contributed by atoms with Crippen LogP contribution < -0.4 is 11.1 Å². The average molecular weight is 343 g/mol. The molecule has 4 rings (SSSR count). The Morgan fingerprint density at radius 1 is 1.29 bits per heavy atom. The van der Waals surface area contributed by atoms with Crippen LogP contribution in [-0.4, -0.2) is 16.9 Å². The number of fused-ring (bicyclic) bond motifs is 3. The lowest BCUT2D eigenvalue weighted by Crippen LogP contribution is -2.34. The van der Waals surface area contributed by atoms with Gasteiger partial charge in [0, 0.05) is 17.3 Å². The van der Waals surface area contributed by atoms with Crippen molar-refractivity contribution in [2.75, 3.05) is 5.32 Å². The third-order valence-electron chi connectivity index (χ3n) is 4.65. The number of hydrogen-bond donors (Lipinski definition) is 2. The summed E-state index contributed by atoms with van der Waals surface area (Å²) >= 11 is 1.43. The van der Waals surface area contributed by atoms with Crippen molar-refractivity contribution in [1.29, 1.82) is 0 Å². The molecule has 2 aromatic carbocycles. The molecule has 6 heteroatoms. The molecule has 0 unspecified atom stereocenters. The van der Waals surface area contributed by atoms with E-state index in [-0.39, 0.29) is 23.7 Å². The summed E-state index contributed by atoms with van der Waals surface area (Å²) in [6.07, 6.45) is 3.61. The van der Waals surface area contributed by atoms with E-state index in [1.807, 2.05) is 12.1 Å². The molecule has 0 aliphatic heterocycles. The topological polar surface area (TPSA) is 68.0 Å². The smallest absolute Gasteiger partial charge is 0.229 e. The van der Waals surface area contributed by atoms with E-state index in [4.69, 9.17) is 5.73 Å². The Hall–Kier alpha value is -2.05. The molecule has 0 saturated heterocycles. The highest BCUT2D eigenvalue weighted by atomic mass is 32.1. The van der Waals surface area contributed by atoms with Gasteiger partial charge in [0.2, 0.25) is 5.91 Å². The summed E-state index contributed by atoms with van der Waals surface area (Å²) in [5.41, 5.74) is 6.78. The highest BCUT2D eigenvalue weighted by Gasteiger charge is 2.26. The maximum absolute atomic E-state index is 13.4. The second kappa shape index (κ2) is 6.11. The van der Waals surface area contributed by atoms with E-state index in [1.54, 1.807) is 6.07 Å². The third kappa shape index (κ3) is 2.87.